The predicted molar refractivity (Wildman–Crippen MR) is 130 cm³/mol. The Morgan fingerprint density at radius 1 is 1.00 bits per heavy atom. The van der Waals surface area contributed by atoms with E-state index < -0.39 is 15.8 Å². The maximum absolute atomic E-state index is 13.2. The molecule has 1 heterocycles. The van der Waals surface area contributed by atoms with Crippen molar-refractivity contribution in [3.8, 4) is 11.5 Å². The van der Waals surface area contributed by atoms with Gasteiger partial charge >= 0.3 is 0 Å². The van der Waals surface area contributed by atoms with Crippen LogP contribution in [0.1, 0.15) is 29.5 Å². The topological polar surface area (TPSA) is 76.7 Å². The standard InChI is InChI=1S/C26H25FN2O4S/c1-32-24-8-4-7-21(26(24)33-2)25-20-6-3-5-19(20)22-15-18(13-14-23(22)28-25)34(30,31)29-17-11-9-16(27)10-12-17/h3-5,7-15,19-20,25,28-29H,6H2,1-2H3/t19-,20+,25+/m1/s1. The SMILES string of the molecule is COc1cccc([C@H]2Nc3ccc(S(=O)(=O)Nc4ccc(F)cc4)cc3[C@@H]3C=CC[C@H]23)c1OC. The molecule has 176 valence electrons. The van der Waals surface area contributed by atoms with Gasteiger partial charge in [0.25, 0.3) is 10.0 Å². The third-order valence-corrected chi connectivity index (χ3v) is 7.89. The molecule has 0 aromatic heterocycles. The molecule has 0 saturated carbocycles. The summed E-state index contributed by atoms with van der Waals surface area (Å²) in [5, 5.41) is 3.61. The van der Waals surface area contributed by atoms with Gasteiger partial charge in [-0.15, -0.1) is 0 Å². The van der Waals surface area contributed by atoms with Crippen molar-refractivity contribution in [1.82, 2.24) is 0 Å². The van der Waals surface area contributed by atoms with Gasteiger partial charge < -0.3 is 14.8 Å². The predicted octanol–water partition coefficient (Wildman–Crippen LogP) is 5.47. The highest BCUT2D eigenvalue weighted by atomic mass is 32.2. The normalized spacial score (nSPS) is 20.7. The van der Waals surface area contributed by atoms with Crippen molar-refractivity contribution in [1.29, 1.82) is 0 Å². The van der Waals surface area contributed by atoms with Crippen molar-refractivity contribution in [3.63, 3.8) is 0 Å². The largest absolute Gasteiger partial charge is 0.493 e. The molecule has 1 aliphatic heterocycles. The Bertz CT molecular complexity index is 1360. The molecule has 2 aliphatic rings. The molecular weight excluding hydrogens is 455 g/mol. The molecule has 8 heteroatoms. The lowest BCUT2D eigenvalue weighted by Gasteiger charge is -2.38. The molecule has 5 rings (SSSR count). The summed E-state index contributed by atoms with van der Waals surface area (Å²) in [6.07, 6.45) is 5.14. The van der Waals surface area contributed by atoms with E-state index in [0.29, 0.717) is 17.2 Å². The minimum atomic E-state index is -3.83. The number of hydrogen-bond acceptors (Lipinski definition) is 5. The van der Waals surface area contributed by atoms with Crippen LogP contribution in [0.5, 0.6) is 11.5 Å². The first kappa shape index (κ1) is 22.3. The quantitative estimate of drug-likeness (QED) is 0.458. The minimum absolute atomic E-state index is 0.0302. The summed E-state index contributed by atoms with van der Waals surface area (Å²) in [7, 11) is -0.584. The summed E-state index contributed by atoms with van der Waals surface area (Å²) in [4.78, 5) is 0.161. The summed E-state index contributed by atoms with van der Waals surface area (Å²) >= 11 is 0. The molecule has 3 aromatic carbocycles. The molecule has 0 radical (unpaired) electrons. The minimum Gasteiger partial charge on any atom is -0.493 e. The molecule has 3 aromatic rings. The van der Waals surface area contributed by atoms with E-state index in [0.717, 1.165) is 23.2 Å². The highest BCUT2D eigenvalue weighted by Gasteiger charge is 2.40. The number of para-hydroxylation sites is 1. The van der Waals surface area contributed by atoms with Crippen LogP contribution in [0, 0.1) is 11.7 Å². The molecule has 0 spiro atoms. The fourth-order valence-corrected chi connectivity index (χ4v) is 6.03. The molecule has 0 bridgehead atoms. The van der Waals surface area contributed by atoms with Crippen LogP contribution in [0.3, 0.4) is 0 Å². The Balaban J connectivity index is 1.50. The average Bonchev–Trinajstić information content (AvgIpc) is 3.34. The van der Waals surface area contributed by atoms with Crippen LogP contribution in [0.4, 0.5) is 15.8 Å². The number of sulfonamides is 1. The second-order valence-corrected chi connectivity index (χ2v) is 10.1. The van der Waals surface area contributed by atoms with E-state index in [-0.39, 0.29) is 22.8 Å². The Hall–Kier alpha value is -3.52. The second-order valence-electron chi connectivity index (χ2n) is 8.42. The second kappa shape index (κ2) is 8.68. The van der Waals surface area contributed by atoms with Gasteiger partial charge in [-0.3, -0.25) is 4.72 Å². The first-order valence-corrected chi connectivity index (χ1v) is 12.5. The van der Waals surface area contributed by atoms with Crippen LogP contribution < -0.4 is 19.5 Å². The number of halogens is 1. The molecular formula is C26H25FN2O4S. The first-order chi connectivity index (χ1) is 16.4. The highest BCUT2D eigenvalue weighted by molar-refractivity contribution is 7.92. The van der Waals surface area contributed by atoms with Gasteiger partial charge in [0.1, 0.15) is 5.82 Å². The summed E-state index contributed by atoms with van der Waals surface area (Å²) in [6.45, 7) is 0. The van der Waals surface area contributed by atoms with E-state index in [9.17, 15) is 12.8 Å². The lowest BCUT2D eigenvalue weighted by atomic mass is 9.77. The highest BCUT2D eigenvalue weighted by Crippen LogP contribution is 2.52. The van der Waals surface area contributed by atoms with Gasteiger partial charge in [-0.05, 0) is 66.4 Å². The van der Waals surface area contributed by atoms with Gasteiger partial charge in [-0.2, -0.15) is 0 Å². The summed E-state index contributed by atoms with van der Waals surface area (Å²) in [6, 6.07) is 16.2. The zero-order chi connectivity index (χ0) is 23.9. The van der Waals surface area contributed by atoms with Crippen molar-refractivity contribution in [2.75, 3.05) is 24.3 Å². The van der Waals surface area contributed by atoms with E-state index in [1.807, 2.05) is 18.2 Å². The summed E-state index contributed by atoms with van der Waals surface area (Å²) in [5.41, 5.74) is 3.11. The third kappa shape index (κ3) is 3.88. The molecule has 3 atom stereocenters. The van der Waals surface area contributed by atoms with Crippen molar-refractivity contribution >= 4 is 21.4 Å². The molecule has 0 saturated heterocycles. The van der Waals surface area contributed by atoms with Crippen LogP contribution in [0.15, 0.2) is 77.7 Å². The number of hydrogen-bond donors (Lipinski definition) is 2. The smallest absolute Gasteiger partial charge is 0.261 e. The van der Waals surface area contributed by atoms with E-state index >= 15 is 0 Å². The number of fused-ring (bicyclic) bond motifs is 3. The summed E-state index contributed by atoms with van der Waals surface area (Å²) in [5.74, 6) is 1.18. The van der Waals surface area contributed by atoms with Crippen LogP contribution >= 0.6 is 0 Å². The number of rotatable bonds is 6. The van der Waals surface area contributed by atoms with Gasteiger partial charge in [-0.25, -0.2) is 12.8 Å². The Labute approximate surface area is 198 Å². The molecule has 34 heavy (non-hydrogen) atoms. The Kier molecular flexibility index (Phi) is 5.69. The maximum atomic E-state index is 13.2. The van der Waals surface area contributed by atoms with E-state index in [1.54, 1.807) is 32.4 Å². The monoisotopic (exact) mass is 480 g/mol. The molecule has 0 amide bonds. The number of anilines is 2. The van der Waals surface area contributed by atoms with E-state index in [1.165, 1.54) is 24.3 Å². The van der Waals surface area contributed by atoms with Gasteiger partial charge in [-0.1, -0.05) is 24.3 Å². The van der Waals surface area contributed by atoms with Gasteiger partial charge in [0.05, 0.1) is 25.2 Å². The lowest BCUT2D eigenvalue weighted by Crippen LogP contribution is -2.29. The van der Waals surface area contributed by atoms with Crippen LogP contribution in [0.25, 0.3) is 0 Å². The molecule has 0 fully saturated rings. The van der Waals surface area contributed by atoms with Crippen molar-refractivity contribution in [2.45, 2.75) is 23.3 Å². The van der Waals surface area contributed by atoms with Crippen molar-refractivity contribution in [3.05, 3.63) is 89.8 Å². The zero-order valence-corrected chi connectivity index (χ0v) is 19.6. The van der Waals surface area contributed by atoms with Crippen molar-refractivity contribution < 1.29 is 22.3 Å². The number of nitrogens with one attached hydrogen (secondary N) is 2. The third-order valence-electron chi connectivity index (χ3n) is 6.51. The number of allylic oxidation sites excluding steroid dienone is 2. The fourth-order valence-electron chi connectivity index (χ4n) is 4.94. The summed E-state index contributed by atoms with van der Waals surface area (Å²) < 4.78 is 53.0. The van der Waals surface area contributed by atoms with E-state index in [4.69, 9.17) is 9.47 Å². The van der Waals surface area contributed by atoms with Gasteiger partial charge in [0.15, 0.2) is 11.5 Å². The average molecular weight is 481 g/mol. The van der Waals surface area contributed by atoms with Gasteiger partial charge in [0.2, 0.25) is 0 Å². The fraction of sp³-hybridized carbons (Fsp3) is 0.231. The van der Waals surface area contributed by atoms with Crippen molar-refractivity contribution in [2.24, 2.45) is 5.92 Å². The van der Waals surface area contributed by atoms with Crippen LogP contribution in [0.2, 0.25) is 0 Å². The lowest BCUT2D eigenvalue weighted by molar-refractivity contribution is 0.341. The molecule has 2 N–H and O–H groups in total. The Morgan fingerprint density at radius 3 is 2.53 bits per heavy atom. The maximum Gasteiger partial charge on any atom is 0.261 e. The van der Waals surface area contributed by atoms with Crippen LogP contribution in [-0.2, 0) is 10.0 Å². The number of benzene rings is 3. The molecule has 6 nitrogen and oxygen atoms in total. The van der Waals surface area contributed by atoms with E-state index in [2.05, 4.69) is 22.2 Å². The zero-order valence-electron chi connectivity index (χ0n) is 18.8. The number of methoxy groups -OCH3 is 2. The Morgan fingerprint density at radius 2 is 1.79 bits per heavy atom. The van der Waals surface area contributed by atoms with Gasteiger partial charge in [0, 0.05) is 22.9 Å². The number of ether oxygens (including phenoxy) is 2. The molecule has 1 aliphatic carbocycles. The van der Waals surface area contributed by atoms with Crippen LogP contribution in [-0.4, -0.2) is 22.6 Å². The molecule has 0 unspecified atom stereocenters. The first-order valence-electron chi connectivity index (χ1n) is 11.0.